The standard InChI is InChI=1S/C16H19ClN2O/c17-15-5-3-13(4-6-15)10-14-2-1-7-16(14,20)11-19-9-8-18-12-19/h3-6,8-9,12,14,20H,1-2,7,10-11H2. The molecule has 2 atom stereocenters. The fourth-order valence-electron chi connectivity index (χ4n) is 3.23. The maximum atomic E-state index is 11.0. The van der Waals surface area contributed by atoms with Crippen LogP contribution in [0.3, 0.4) is 0 Å². The third-order valence-electron chi connectivity index (χ3n) is 4.33. The Labute approximate surface area is 124 Å². The molecule has 1 aromatic carbocycles. The van der Waals surface area contributed by atoms with Crippen molar-refractivity contribution < 1.29 is 5.11 Å². The summed E-state index contributed by atoms with van der Waals surface area (Å²) in [5.41, 5.74) is 0.616. The van der Waals surface area contributed by atoms with E-state index >= 15 is 0 Å². The predicted molar refractivity (Wildman–Crippen MR) is 79.7 cm³/mol. The Bertz CT molecular complexity index is 552. The van der Waals surface area contributed by atoms with Gasteiger partial charge in [0.15, 0.2) is 0 Å². The molecule has 4 heteroatoms. The maximum Gasteiger partial charge on any atom is 0.0946 e. The summed E-state index contributed by atoms with van der Waals surface area (Å²) in [5, 5.41) is 11.7. The summed E-state index contributed by atoms with van der Waals surface area (Å²) in [6.45, 7) is 0.630. The summed E-state index contributed by atoms with van der Waals surface area (Å²) in [6.07, 6.45) is 9.38. The van der Waals surface area contributed by atoms with Gasteiger partial charge in [0.2, 0.25) is 0 Å². The van der Waals surface area contributed by atoms with Crippen LogP contribution >= 0.6 is 11.6 Å². The molecule has 0 spiro atoms. The number of benzene rings is 1. The monoisotopic (exact) mass is 290 g/mol. The van der Waals surface area contributed by atoms with Gasteiger partial charge in [-0.05, 0) is 42.9 Å². The molecule has 106 valence electrons. The Balaban J connectivity index is 1.73. The minimum absolute atomic E-state index is 0.297. The molecule has 1 saturated carbocycles. The van der Waals surface area contributed by atoms with E-state index in [2.05, 4.69) is 17.1 Å². The molecule has 1 aliphatic rings. The van der Waals surface area contributed by atoms with Gasteiger partial charge in [-0.15, -0.1) is 0 Å². The van der Waals surface area contributed by atoms with Crippen molar-refractivity contribution in [2.45, 2.75) is 37.8 Å². The molecule has 0 bridgehead atoms. The van der Waals surface area contributed by atoms with Crippen molar-refractivity contribution in [1.29, 1.82) is 0 Å². The average Bonchev–Trinajstić information content (AvgIpc) is 3.04. The molecule has 1 fully saturated rings. The van der Waals surface area contributed by atoms with E-state index in [4.69, 9.17) is 11.6 Å². The minimum Gasteiger partial charge on any atom is -0.388 e. The van der Waals surface area contributed by atoms with E-state index in [0.29, 0.717) is 12.5 Å². The van der Waals surface area contributed by atoms with Crippen molar-refractivity contribution in [3.05, 3.63) is 53.6 Å². The SMILES string of the molecule is OC1(Cn2ccnc2)CCCC1Cc1ccc(Cl)cc1. The molecule has 1 aliphatic carbocycles. The lowest BCUT2D eigenvalue weighted by Gasteiger charge is -2.30. The average molecular weight is 291 g/mol. The summed E-state index contributed by atoms with van der Waals surface area (Å²) in [6, 6.07) is 7.94. The van der Waals surface area contributed by atoms with Crippen LogP contribution in [-0.4, -0.2) is 20.3 Å². The first kappa shape index (κ1) is 13.7. The van der Waals surface area contributed by atoms with E-state index in [1.165, 1.54) is 5.56 Å². The number of imidazole rings is 1. The molecule has 2 unspecified atom stereocenters. The van der Waals surface area contributed by atoms with E-state index in [1.807, 2.05) is 22.9 Å². The normalized spacial score (nSPS) is 26.0. The van der Waals surface area contributed by atoms with E-state index in [1.54, 1.807) is 12.5 Å². The van der Waals surface area contributed by atoms with Gasteiger partial charge in [-0.3, -0.25) is 0 Å². The number of hydrogen-bond donors (Lipinski definition) is 1. The molecule has 1 heterocycles. The van der Waals surface area contributed by atoms with Crippen molar-refractivity contribution in [2.24, 2.45) is 5.92 Å². The molecule has 3 rings (SSSR count). The summed E-state index contributed by atoms with van der Waals surface area (Å²) >= 11 is 5.92. The Hall–Kier alpha value is -1.32. The highest BCUT2D eigenvalue weighted by atomic mass is 35.5. The zero-order valence-electron chi connectivity index (χ0n) is 11.4. The van der Waals surface area contributed by atoms with Gasteiger partial charge < -0.3 is 9.67 Å². The second kappa shape index (κ2) is 5.58. The summed E-state index contributed by atoms with van der Waals surface area (Å²) in [4.78, 5) is 4.05. The van der Waals surface area contributed by atoms with E-state index in [9.17, 15) is 5.11 Å². The quantitative estimate of drug-likeness (QED) is 0.938. The topological polar surface area (TPSA) is 38.0 Å². The van der Waals surface area contributed by atoms with Crippen LogP contribution in [-0.2, 0) is 13.0 Å². The van der Waals surface area contributed by atoms with Gasteiger partial charge in [-0.1, -0.05) is 30.2 Å². The Morgan fingerprint density at radius 2 is 2.15 bits per heavy atom. The first-order valence-corrected chi connectivity index (χ1v) is 7.46. The highest BCUT2D eigenvalue weighted by Crippen LogP contribution is 2.39. The molecule has 1 N–H and O–H groups in total. The van der Waals surface area contributed by atoms with Gasteiger partial charge in [0.05, 0.1) is 18.5 Å². The van der Waals surface area contributed by atoms with Crippen LogP contribution in [0.2, 0.25) is 5.02 Å². The molecular weight excluding hydrogens is 272 g/mol. The number of rotatable bonds is 4. The van der Waals surface area contributed by atoms with Crippen molar-refractivity contribution in [1.82, 2.24) is 9.55 Å². The molecule has 0 saturated heterocycles. The Morgan fingerprint density at radius 1 is 1.35 bits per heavy atom. The number of aliphatic hydroxyl groups is 1. The molecule has 0 aliphatic heterocycles. The zero-order chi connectivity index (χ0) is 14.0. The summed E-state index contributed by atoms with van der Waals surface area (Å²) in [5.74, 6) is 0.297. The molecule has 0 amide bonds. The van der Waals surface area contributed by atoms with Crippen LogP contribution in [0.15, 0.2) is 43.0 Å². The van der Waals surface area contributed by atoms with Gasteiger partial charge in [0, 0.05) is 17.4 Å². The number of halogens is 1. The van der Waals surface area contributed by atoms with Crippen LogP contribution in [0.5, 0.6) is 0 Å². The largest absolute Gasteiger partial charge is 0.388 e. The van der Waals surface area contributed by atoms with Gasteiger partial charge in [0.1, 0.15) is 0 Å². The number of nitrogens with zero attached hydrogens (tertiary/aromatic N) is 2. The van der Waals surface area contributed by atoms with Gasteiger partial charge in [-0.25, -0.2) is 4.98 Å². The minimum atomic E-state index is -0.625. The van der Waals surface area contributed by atoms with Crippen LogP contribution < -0.4 is 0 Å². The molecule has 0 radical (unpaired) electrons. The first-order chi connectivity index (χ1) is 9.66. The fourth-order valence-corrected chi connectivity index (χ4v) is 3.35. The summed E-state index contributed by atoms with van der Waals surface area (Å²) in [7, 11) is 0. The van der Waals surface area contributed by atoms with Crippen LogP contribution in [0.4, 0.5) is 0 Å². The van der Waals surface area contributed by atoms with Crippen molar-refractivity contribution in [3.8, 4) is 0 Å². The van der Waals surface area contributed by atoms with E-state index in [0.717, 1.165) is 30.7 Å². The fraction of sp³-hybridized carbons (Fsp3) is 0.438. The molecule has 2 aromatic rings. The number of aromatic nitrogens is 2. The second-order valence-electron chi connectivity index (χ2n) is 5.76. The second-order valence-corrected chi connectivity index (χ2v) is 6.19. The van der Waals surface area contributed by atoms with Gasteiger partial charge in [-0.2, -0.15) is 0 Å². The lowest BCUT2D eigenvalue weighted by atomic mass is 9.85. The first-order valence-electron chi connectivity index (χ1n) is 7.08. The molecular formula is C16H19ClN2O. The van der Waals surface area contributed by atoms with Crippen molar-refractivity contribution in [3.63, 3.8) is 0 Å². The predicted octanol–water partition coefficient (Wildman–Crippen LogP) is 3.31. The Kier molecular flexibility index (Phi) is 3.81. The summed E-state index contributed by atoms with van der Waals surface area (Å²) < 4.78 is 1.97. The smallest absolute Gasteiger partial charge is 0.0946 e. The van der Waals surface area contributed by atoms with Crippen LogP contribution in [0.25, 0.3) is 0 Å². The van der Waals surface area contributed by atoms with Crippen LogP contribution in [0.1, 0.15) is 24.8 Å². The van der Waals surface area contributed by atoms with Crippen molar-refractivity contribution >= 4 is 11.6 Å². The lowest BCUT2D eigenvalue weighted by Crippen LogP contribution is -2.38. The highest BCUT2D eigenvalue weighted by molar-refractivity contribution is 6.30. The third-order valence-corrected chi connectivity index (χ3v) is 4.59. The van der Waals surface area contributed by atoms with Gasteiger partial charge in [0.25, 0.3) is 0 Å². The lowest BCUT2D eigenvalue weighted by molar-refractivity contribution is -0.0134. The molecule has 1 aromatic heterocycles. The third kappa shape index (κ3) is 2.89. The van der Waals surface area contributed by atoms with E-state index < -0.39 is 5.60 Å². The van der Waals surface area contributed by atoms with Crippen LogP contribution in [0, 0.1) is 5.92 Å². The van der Waals surface area contributed by atoms with Gasteiger partial charge >= 0.3 is 0 Å². The van der Waals surface area contributed by atoms with E-state index in [-0.39, 0.29) is 0 Å². The zero-order valence-corrected chi connectivity index (χ0v) is 12.1. The molecule has 3 nitrogen and oxygen atoms in total. The Morgan fingerprint density at radius 3 is 2.85 bits per heavy atom. The number of hydrogen-bond acceptors (Lipinski definition) is 2. The van der Waals surface area contributed by atoms with Crippen molar-refractivity contribution in [2.75, 3.05) is 0 Å². The molecule has 20 heavy (non-hydrogen) atoms. The highest BCUT2D eigenvalue weighted by Gasteiger charge is 2.41. The maximum absolute atomic E-state index is 11.0.